The minimum atomic E-state index is -0.195. The van der Waals surface area contributed by atoms with Gasteiger partial charge in [0.2, 0.25) is 11.8 Å². The van der Waals surface area contributed by atoms with Gasteiger partial charge in [-0.25, -0.2) is 19.7 Å². The SMILES string of the molecule is CCCC1/C(=[N+](/C(=O)NCc2ccccc2)c2ccc(-c3cnn(C)c3)cn2)C1CCCNc1ncc(C#N)c(-c2ccc(O)nc2)n1. The second kappa shape index (κ2) is 14.6. The Bertz CT molecular complexity index is 1950. The number of aromatic nitrogens is 6. The van der Waals surface area contributed by atoms with Gasteiger partial charge in [0.1, 0.15) is 12.3 Å². The molecule has 0 bridgehead atoms. The Morgan fingerprint density at radius 1 is 0.958 bits per heavy atom. The van der Waals surface area contributed by atoms with E-state index in [1.165, 1.54) is 18.5 Å². The highest BCUT2D eigenvalue weighted by Gasteiger charge is 2.50. The molecule has 1 aromatic carbocycles. The number of carbonyl (C=O) groups excluding carboxylic acids is 1. The Morgan fingerprint density at radius 3 is 2.44 bits per heavy atom. The summed E-state index contributed by atoms with van der Waals surface area (Å²) in [6, 6.07) is 18.8. The molecule has 2 amide bonds. The van der Waals surface area contributed by atoms with Crippen LogP contribution < -0.4 is 10.6 Å². The number of aromatic hydroxyl groups is 1. The van der Waals surface area contributed by atoms with Crippen molar-refractivity contribution in [2.45, 2.75) is 39.2 Å². The zero-order valence-electron chi connectivity index (χ0n) is 26.9. The third-order valence-corrected chi connectivity index (χ3v) is 8.40. The van der Waals surface area contributed by atoms with Gasteiger partial charge in [-0.05, 0) is 37.0 Å². The van der Waals surface area contributed by atoms with E-state index in [2.05, 4.69) is 43.7 Å². The minimum absolute atomic E-state index is 0.105. The van der Waals surface area contributed by atoms with Crippen LogP contribution in [0.3, 0.4) is 0 Å². The molecular weight excluding hydrogens is 604 g/mol. The van der Waals surface area contributed by atoms with Crippen LogP contribution in [0.4, 0.5) is 16.6 Å². The fourth-order valence-corrected chi connectivity index (χ4v) is 5.99. The molecule has 6 rings (SSSR count). The van der Waals surface area contributed by atoms with Crippen molar-refractivity contribution in [1.29, 1.82) is 5.26 Å². The van der Waals surface area contributed by atoms with Crippen LogP contribution in [-0.4, -0.2) is 57.7 Å². The maximum atomic E-state index is 13.9. The monoisotopic (exact) mass is 641 g/mol. The van der Waals surface area contributed by atoms with Crippen molar-refractivity contribution in [3.8, 4) is 34.3 Å². The molecule has 1 saturated carbocycles. The quantitative estimate of drug-likeness (QED) is 0.112. The van der Waals surface area contributed by atoms with Gasteiger partial charge in [0.25, 0.3) is 5.82 Å². The molecule has 2 unspecified atom stereocenters. The first-order chi connectivity index (χ1) is 23.4. The Labute approximate surface area is 278 Å². The molecule has 1 fully saturated rings. The number of benzene rings is 1. The van der Waals surface area contributed by atoms with E-state index >= 15 is 0 Å². The van der Waals surface area contributed by atoms with Crippen molar-refractivity contribution < 1.29 is 14.5 Å². The summed E-state index contributed by atoms with van der Waals surface area (Å²) in [5, 5.41) is 29.8. The van der Waals surface area contributed by atoms with E-state index < -0.39 is 0 Å². The number of nitriles is 1. The van der Waals surface area contributed by atoms with E-state index in [-0.39, 0.29) is 23.7 Å². The van der Waals surface area contributed by atoms with Crippen molar-refractivity contribution in [3.63, 3.8) is 0 Å². The summed E-state index contributed by atoms with van der Waals surface area (Å²) in [5.41, 5.74) is 5.38. The summed E-state index contributed by atoms with van der Waals surface area (Å²) in [4.78, 5) is 31.4. The molecule has 1 aliphatic carbocycles. The Kier molecular flexibility index (Phi) is 9.76. The molecule has 2 atom stereocenters. The van der Waals surface area contributed by atoms with Gasteiger partial charge < -0.3 is 10.4 Å². The number of anilines is 1. The molecule has 5 aromatic rings. The Balaban J connectivity index is 1.19. The van der Waals surface area contributed by atoms with Gasteiger partial charge in [-0.2, -0.15) is 14.9 Å². The molecule has 4 aromatic heterocycles. The first kappa shape index (κ1) is 32.0. The second-order valence-electron chi connectivity index (χ2n) is 11.8. The Hall–Kier alpha value is -5.96. The van der Waals surface area contributed by atoms with E-state index in [0.29, 0.717) is 41.7 Å². The summed E-state index contributed by atoms with van der Waals surface area (Å²) >= 11 is 0. The molecule has 0 spiro atoms. The zero-order valence-corrected chi connectivity index (χ0v) is 26.9. The first-order valence-electron chi connectivity index (χ1n) is 16.0. The van der Waals surface area contributed by atoms with E-state index in [4.69, 9.17) is 4.98 Å². The molecule has 242 valence electrons. The standard InChI is InChI=1S/C36H36N10O2/c1-3-8-29-30(11-7-16-38-35-41-21-27(17-37)33(44-35)26-13-15-32(47)40-20-26)34(29)46(36(48)42-18-24-9-5-4-6-10-24)31-14-12-25(19-39-31)28-22-43-45(2)23-28/h4-6,9-10,12-15,19-23,29-30H,3,7-8,11,16,18H2,1-2H3,(H2-,38,40,41,42,44,47,48)/p+1/b46-34-. The van der Waals surface area contributed by atoms with Crippen LogP contribution in [0.5, 0.6) is 5.88 Å². The second-order valence-corrected chi connectivity index (χ2v) is 11.8. The number of urea groups is 1. The van der Waals surface area contributed by atoms with E-state index in [0.717, 1.165) is 48.1 Å². The normalized spacial score (nSPS) is 16.2. The fraction of sp³-hybridized carbons (Fsp3) is 0.278. The smallest absolute Gasteiger partial charge is 0.441 e. The van der Waals surface area contributed by atoms with Crippen LogP contribution >= 0.6 is 0 Å². The Morgan fingerprint density at radius 2 is 1.75 bits per heavy atom. The molecule has 0 radical (unpaired) electrons. The molecule has 0 saturated heterocycles. The lowest BCUT2D eigenvalue weighted by Gasteiger charge is -2.08. The fourth-order valence-electron chi connectivity index (χ4n) is 5.99. The number of hydrogen-bond acceptors (Lipinski definition) is 9. The van der Waals surface area contributed by atoms with Gasteiger partial charge in [-0.3, -0.25) is 10.00 Å². The van der Waals surface area contributed by atoms with Gasteiger partial charge >= 0.3 is 6.03 Å². The predicted octanol–water partition coefficient (Wildman–Crippen LogP) is 5.84. The van der Waals surface area contributed by atoms with Crippen LogP contribution in [-0.2, 0) is 13.6 Å². The summed E-state index contributed by atoms with van der Waals surface area (Å²) in [5.74, 6) is 1.40. The van der Waals surface area contributed by atoms with Crippen molar-refractivity contribution in [1.82, 2.24) is 35.0 Å². The predicted molar refractivity (Wildman–Crippen MR) is 181 cm³/mol. The molecule has 0 aliphatic heterocycles. The maximum absolute atomic E-state index is 13.9. The summed E-state index contributed by atoms with van der Waals surface area (Å²) < 4.78 is 3.52. The number of rotatable bonds is 12. The number of amides is 2. The lowest BCUT2D eigenvalue weighted by Crippen LogP contribution is -2.32. The van der Waals surface area contributed by atoms with Crippen LogP contribution in [0, 0.1) is 23.2 Å². The number of pyridine rings is 2. The number of nitrogens with zero attached hydrogens (tertiary/aromatic N) is 8. The van der Waals surface area contributed by atoms with Gasteiger partial charge in [0.05, 0.1) is 35.9 Å². The van der Waals surface area contributed by atoms with Crippen molar-refractivity contribution >= 4 is 23.5 Å². The lowest BCUT2D eigenvalue weighted by molar-refractivity contribution is -0.337. The van der Waals surface area contributed by atoms with Crippen LogP contribution in [0.1, 0.15) is 43.7 Å². The van der Waals surface area contributed by atoms with Crippen molar-refractivity contribution in [2.24, 2.45) is 18.9 Å². The van der Waals surface area contributed by atoms with Gasteiger partial charge in [0.15, 0.2) is 0 Å². The third-order valence-electron chi connectivity index (χ3n) is 8.40. The topological polar surface area (TPSA) is 158 Å². The highest BCUT2D eigenvalue weighted by Crippen LogP contribution is 2.43. The molecule has 3 N–H and O–H groups in total. The van der Waals surface area contributed by atoms with Crippen molar-refractivity contribution in [3.05, 3.63) is 96.7 Å². The van der Waals surface area contributed by atoms with Crippen LogP contribution in [0.25, 0.3) is 22.4 Å². The minimum Gasteiger partial charge on any atom is -0.493 e. The number of aryl methyl sites for hydroxylation is 1. The molecular formula is C36H37N10O2+. The molecule has 4 heterocycles. The largest absolute Gasteiger partial charge is 0.493 e. The van der Waals surface area contributed by atoms with Gasteiger partial charge in [-0.15, -0.1) is 4.98 Å². The first-order valence-corrected chi connectivity index (χ1v) is 16.0. The zero-order chi connectivity index (χ0) is 33.5. The van der Waals surface area contributed by atoms with Crippen LogP contribution in [0.2, 0.25) is 0 Å². The number of carbonyl (C=O) groups is 1. The maximum Gasteiger partial charge on any atom is 0.441 e. The molecule has 12 heteroatoms. The molecule has 48 heavy (non-hydrogen) atoms. The molecule has 1 aliphatic rings. The highest BCUT2D eigenvalue weighted by molar-refractivity contribution is 6.03. The van der Waals surface area contributed by atoms with Gasteiger partial charge in [-0.1, -0.05) is 43.7 Å². The third kappa shape index (κ3) is 7.36. The lowest BCUT2D eigenvalue weighted by atomic mass is 10.1. The van der Waals surface area contributed by atoms with Crippen LogP contribution in [0.15, 0.2) is 85.6 Å². The molecule has 12 nitrogen and oxygen atoms in total. The summed E-state index contributed by atoms with van der Waals surface area (Å²) in [6.45, 7) is 3.19. The van der Waals surface area contributed by atoms with Gasteiger partial charge in [0, 0.05) is 66.6 Å². The number of nitrogens with one attached hydrogen (secondary N) is 2. The van der Waals surface area contributed by atoms with E-state index in [9.17, 15) is 15.2 Å². The summed E-state index contributed by atoms with van der Waals surface area (Å²) in [6.07, 6.45) is 12.2. The van der Waals surface area contributed by atoms with E-state index in [1.54, 1.807) is 27.7 Å². The highest BCUT2D eigenvalue weighted by atomic mass is 16.3. The summed E-state index contributed by atoms with van der Waals surface area (Å²) in [7, 11) is 1.88. The van der Waals surface area contributed by atoms with Crippen molar-refractivity contribution in [2.75, 3.05) is 11.9 Å². The average Bonchev–Trinajstić information content (AvgIpc) is 3.58. The average molecular weight is 642 g/mol. The number of hydrogen-bond donors (Lipinski definition) is 3. The van der Waals surface area contributed by atoms with E-state index in [1.807, 2.05) is 55.7 Å².